The van der Waals surface area contributed by atoms with Crippen molar-refractivity contribution in [3.05, 3.63) is 39.4 Å². The second kappa shape index (κ2) is 5.79. The van der Waals surface area contributed by atoms with Crippen LogP contribution in [-0.2, 0) is 4.74 Å². The van der Waals surface area contributed by atoms with Crippen LogP contribution in [-0.4, -0.2) is 18.5 Å². The number of rotatable bonds is 4. The first-order valence-electron chi connectivity index (χ1n) is 5.32. The Morgan fingerprint density at radius 3 is 2.78 bits per heavy atom. The molecular formula is C12H11NO3S2. The van der Waals surface area contributed by atoms with Gasteiger partial charge in [-0.1, -0.05) is 6.07 Å². The summed E-state index contributed by atoms with van der Waals surface area (Å²) in [7, 11) is 0. The number of amides is 1. The monoisotopic (exact) mass is 281 g/mol. The Morgan fingerprint density at radius 2 is 2.11 bits per heavy atom. The van der Waals surface area contributed by atoms with E-state index in [9.17, 15) is 9.59 Å². The average molecular weight is 281 g/mol. The Balaban J connectivity index is 2.13. The maximum absolute atomic E-state index is 11.9. The average Bonchev–Trinajstić information content (AvgIpc) is 2.99. The third kappa shape index (κ3) is 2.77. The minimum atomic E-state index is -0.416. The molecule has 0 fully saturated rings. The molecule has 2 rings (SSSR count). The van der Waals surface area contributed by atoms with Gasteiger partial charge in [0.25, 0.3) is 5.91 Å². The Bertz CT molecular complexity index is 545. The molecule has 2 aromatic rings. The summed E-state index contributed by atoms with van der Waals surface area (Å²) in [5.74, 6) is -0.627. The molecular weight excluding hydrogens is 270 g/mol. The number of nitrogens with one attached hydrogen (secondary N) is 1. The molecule has 0 aromatic carbocycles. The maximum Gasteiger partial charge on any atom is 0.341 e. The normalized spacial score (nSPS) is 10.1. The summed E-state index contributed by atoms with van der Waals surface area (Å²) in [5.41, 5.74) is 0.395. The van der Waals surface area contributed by atoms with Gasteiger partial charge in [0.2, 0.25) is 0 Å². The van der Waals surface area contributed by atoms with Gasteiger partial charge in [-0.25, -0.2) is 4.79 Å². The van der Waals surface area contributed by atoms with Crippen molar-refractivity contribution in [2.75, 3.05) is 11.9 Å². The van der Waals surface area contributed by atoms with Crippen LogP contribution in [0.4, 0.5) is 5.00 Å². The summed E-state index contributed by atoms with van der Waals surface area (Å²) in [5, 5.41) is 6.82. The molecule has 0 saturated heterocycles. The van der Waals surface area contributed by atoms with Crippen molar-refractivity contribution < 1.29 is 14.3 Å². The van der Waals surface area contributed by atoms with Gasteiger partial charge in [0.1, 0.15) is 5.00 Å². The van der Waals surface area contributed by atoms with Gasteiger partial charge >= 0.3 is 5.97 Å². The van der Waals surface area contributed by atoms with Gasteiger partial charge in [-0.3, -0.25) is 4.79 Å². The molecule has 1 amide bonds. The first-order valence-corrected chi connectivity index (χ1v) is 7.07. The SMILES string of the molecule is CCOC(=O)c1ccsc1NC(=O)c1cccs1. The Hall–Kier alpha value is -1.66. The molecule has 2 aromatic heterocycles. The zero-order valence-electron chi connectivity index (χ0n) is 9.64. The van der Waals surface area contributed by atoms with Gasteiger partial charge in [-0.2, -0.15) is 0 Å². The predicted molar refractivity (Wildman–Crippen MR) is 72.5 cm³/mol. The largest absolute Gasteiger partial charge is 0.462 e. The summed E-state index contributed by atoms with van der Waals surface area (Å²) in [6.45, 7) is 2.06. The molecule has 0 atom stereocenters. The smallest absolute Gasteiger partial charge is 0.341 e. The van der Waals surface area contributed by atoms with Crippen LogP contribution in [0, 0.1) is 0 Å². The van der Waals surface area contributed by atoms with E-state index in [1.54, 1.807) is 30.5 Å². The highest BCUT2D eigenvalue weighted by Gasteiger charge is 2.16. The van der Waals surface area contributed by atoms with E-state index in [4.69, 9.17) is 4.74 Å². The van der Waals surface area contributed by atoms with E-state index in [2.05, 4.69) is 5.32 Å². The topological polar surface area (TPSA) is 55.4 Å². The summed E-state index contributed by atoms with van der Waals surface area (Å²) < 4.78 is 4.92. The lowest BCUT2D eigenvalue weighted by molar-refractivity contribution is 0.0528. The third-order valence-electron chi connectivity index (χ3n) is 2.13. The number of hydrogen-bond acceptors (Lipinski definition) is 5. The first kappa shape index (κ1) is 12.8. The van der Waals surface area contributed by atoms with Gasteiger partial charge in [0, 0.05) is 0 Å². The Labute approximate surface area is 112 Å². The van der Waals surface area contributed by atoms with E-state index < -0.39 is 5.97 Å². The quantitative estimate of drug-likeness (QED) is 0.875. The fraction of sp³-hybridized carbons (Fsp3) is 0.167. The number of anilines is 1. The van der Waals surface area contributed by atoms with Crippen LogP contribution in [0.1, 0.15) is 27.0 Å². The zero-order chi connectivity index (χ0) is 13.0. The molecule has 0 spiro atoms. The lowest BCUT2D eigenvalue weighted by atomic mass is 10.3. The number of carbonyl (C=O) groups is 2. The first-order chi connectivity index (χ1) is 8.72. The van der Waals surface area contributed by atoms with Crippen LogP contribution in [0.3, 0.4) is 0 Å². The van der Waals surface area contributed by atoms with Crippen LogP contribution in [0.2, 0.25) is 0 Å². The molecule has 0 unspecified atom stereocenters. The highest BCUT2D eigenvalue weighted by molar-refractivity contribution is 7.15. The van der Waals surface area contributed by atoms with Crippen LogP contribution < -0.4 is 5.32 Å². The minimum Gasteiger partial charge on any atom is -0.462 e. The number of hydrogen-bond donors (Lipinski definition) is 1. The molecule has 2 heterocycles. The summed E-state index contributed by atoms with van der Waals surface area (Å²) in [4.78, 5) is 24.1. The molecule has 94 valence electrons. The van der Waals surface area contributed by atoms with Gasteiger partial charge in [0.05, 0.1) is 17.0 Å². The van der Waals surface area contributed by atoms with Crippen LogP contribution in [0.25, 0.3) is 0 Å². The van der Waals surface area contributed by atoms with Gasteiger partial charge < -0.3 is 10.1 Å². The van der Waals surface area contributed by atoms with Crippen LogP contribution in [0.5, 0.6) is 0 Å². The van der Waals surface area contributed by atoms with Crippen molar-refractivity contribution in [2.24, 2.45) is 0 Å². The number of carbonyl (C=O) groups excluding carboxylic acids is 2. The Morgan fingerprint density at radius 1 is 1.28 bits per heavy atom. The zero-order valence-corrected chi connectivity index (χ0v) is 11.3. The fourth-order valence-corrected chi connectivity index (χ4v) is 2.74. The molecule has 0 saturated carbocycles. The molecule has 0 aliphatic rings. The van der Waals surface area contributed by atoms with Crippen molar-refractivity contribution in [1.82, 2.24) is 0 Å². The molecule has 18 heavy (non-hydrogen) atoms. The molecule has 1 N–H and O–H groups in total. The number of ether oxygens (including phenoxy) is 1. The molecule has 4 nitrogen and oxygen atoms in total. The molecule has 0 bridgehead atoms. The van der Waals surface area contributed by atoms with E-state index in [1.807, 2.05) is 5.38 Å². The van der Waals surface area contributed by atoms with Gasteiger partial charge in [-0.05, 0) is 29.8 Å². The summed E-state index contributed by atoms with van der Waals surface area (Å²) >= 11 is 2.65. The van der Waals surface area contributed by atoms with Gasteiger partial charge in [0.15, 0.2) is 0 Å². The summed E-state index contributed by atoms with van der Waals surface area (Å²) in [6, 6.07) is 5.19. The van der Waals surface area contributed by atoms with Crippen LogP contribution in [0.15, 0.2) is 29.0 Å². The Kier molecular flexibility index (Phi) is 4.11. The second-order valence-corrected chi connectivity index (χ2v) is 5.18. The van der Waals surface area contributed by atoms with Crippen molar-refractivity contribution >= 4 is 39.6 Å². The summed E-state index contributed by atoms with van der Waals surface area (Å²) in [6.07, 6.45) is 0. The lowest BCUT2D eigenvalue weighted by Gasteiger charge is -2.04. The second-order valence-electron chi connectivity index (χ2n) is 3.32. The molecule has 6 heteroatoms. The van der Waals surface area contributed by atoms with E-state index in [0.717, 1.165) is 0 Å². The highest BCUT2D eigenvalue weighted by Crippen LogP contribution is 2.25. The molecule has 0 radical (unpaired) electrons. The number of esters is 1. The maximum atomic E-state index is 11.9. The van der Waals surface area contributed by atoms with Crippen molar-refractivity contribution in [3.63, 3.8) is 0 Å². The molecule has 0 aliphatic carbocycles. The number of thiophene rings is 2. The van der Waals surface area contributed by atoms with Crippen molar-refractivity contribution in [3.8, 4) is 0 Å². The van der Waals surface area contributed by atoms with E-state index >= 15 is 0 Å². The van der Waals surface area contributed by atoms with Crippen molar-refractivity contribution in [1.29, 1.82) is 0 Å². The fourth-order valence-electron chi connectivity index (χ4n) is 1.35. The van der Waals surface area contributed by atoms with E-state index in [0.29, 0.717) is 22.0 Å². The lowest BCUT2D eigenvalue weighted by Crippen LogP contribution is -2.13. The predicted octanol–water partition coefficient (Wildman–Crippen LogP) is 3.24. The minimum absolute atomic E-state index is 0.210. The molecule has 0 aliphatic heterocycles. The third-order valence-corrected chi connectivity index (χ3v) is 3.83. The van der Waals surface area contributed by atoms with E-state index in [-0.39, 0.29) is 5.91 Å². The van der Waals surface area contributed by atoms with E-state index in [1.165, 1.54) is 22.7 Å². The standard InChI is InChI=1S/C12H11NO3S2/c1-2-16-12(15)8-5-7-18-11(8)13-10(14)9-4-3-6-17-9/h3-7H,2H2,1H3,(H,13,14). The highest BCUT2D eigenvalue weighted by atomic mass is 32.1. The van der Waals surface area contributed by atoms with Crippen molar-refractivity contribution in [2.45, 2.75) is 6.92 Å². The van der Waals surface area contributed by atoms with Gasteiger partial charge in [-0.15, -0.1) is 22.7 Å². The van der Waals surface area contributed by atoms with Crippen LogP contribution >= 0.6 is 22.7 Å².